The summed E-state index contributed by atoms with van der Waals surface area (Å²) in [6.07, 6.45) is 9.45. The quantitative estimate of drug-likeness (QED) is 0.0833. The van der Waals surface area contributed by atoms with Gasteiger partial charge < -0.3 is 27.1 Å². The zero-order chi connectivity index (χ0) is 102. The van der Waals surface area contributed by atoms with Gasteiger partial charge in [0, 0.05) is 108 Å². The number of benzene rings is 15. The Morgan fingerprint density at radius 1 is 0.187 bits per heavy atom. The van der Waals surface area contributed by atoms with Crippen molar-refractivity contribution in [3.63, 3.8) is 0 Å². The smallest absolute Gasteiger partial charge is 0.186 e. The molecule has 0 aliphatic carbocycles. The number of para-hydroxylation sites is 6. The molecule has 0 saturated heterocycles. The maximum absolute atomic E-state index is 16.0. The van der Waals surface area contributed by atoms with E-state index in [2.05, 4.69) is 54.2 Å². The second kappa shape index (κ2) is 38.2. The first-order valence-electron chi connectivity index (χ1n) is 47.1. The predicted molar refractivity (Wildman–Crippen MR) is 558 cm³/mol. The minimum atomic E-state index is -1.63. The van der Waals surface area contributed by atoms with Crippen LogP contribution in [0.1, 0.15) is 0 Å². The van der Waals surface area contributed by atoms with Gasteiger partial charge in [-0.25, -0.2) is 86.4 Å². The fourth-order valence-corrected chi connectivity index (χ4v) is 19.8. The van der Waals surface area contributed by atoms with E-state index in [9.17, 15) is 8.78 Å². The summed E-state index contributed by atoms with van der Waals surface area (Å²) in [5, 5.41) is 5.58. The number of rotatable bonds is 13. The number of hydrogen-bond donors (Lipinski definition) is 0. The second-order valence-electron chi connectivity index (χ2n) is 35.2. The third-order valence-electron chi connectivity index (χ3n) is 26.5. The summed E-state index contributed by atoms with van der Waals surface area (Å²) < 4.78 is 226. The SMILES string of the molecule is Fc1c(F)c(-n2c3ccccc3c3ccccc32)c(F)c(F)c1-c1cn2ccccc2c1-c1ccccc1.Fc1c(F)c(-n2c3ccccc3c3ccccc32)c(F)c(F)c1-c1cn2ccccc2n1.Fc1c(F)c(-n2c3ccccc3c3ccccc32)c(F)c(F)c1-c1nc(-c2ccccc2)nc(-c2ccccn2)n1.Fc1ccc2c(c1)c1cc(F)ccc1n2-c1ccc(-c2cc(-c3ccccc3)nc(-c3ccccn3)c2)cc1. The summed E-state index contributed by atoms with van der Waals surface area (Å²) in [5.41, 5.74) is 8.38. The van der Waals surface area contributed by atoms with Gasteiger partial charge in [-0.3, -0.25) is 9.97 Å². The molecule has 27 aromatic rings. The van der Waals surface area contributed by atoms with E-state index in [1.165, 1.54) is 61.0 Å². The van der Waals surface area contributed by atoms with Crippen molar-refractivity contribution in [3.8, 4) is 124 Å². The number of hydrogen-bond acceptors (Lipinski definition) is 7. The predicted octanol–water partition coefficient (Wildman–Crippen LogP) is 32.4. The van der Waals surface area contributed by atoms with Gasteiger partial charge >= 0.3 is 0 Å². The molecule has 150 heavy (non-hydrogen) atoms. The van der Waals surface area contributed by atoms with Crippen molar-refractivity contribution in [3.05, 3.63) is 501 Å². The summed E-state index contributed by atoms with van der Waals surface area (Å²) in [6, 6.07) is 112. The van der Waals surface area contributed by atoms with Crippen molar-refractivity contribution in [2.45, 2.75) is 0 Å². The molecule has 0 spiro atoms. The lowest BCUT2D eigenvalue weighted by molar-refractivity contribution is 0.453. The van der Waals surface area contributed by atoms with Gasteiger partial charge in [-0.05, 0) is 162 Å². The van der Waals surface area contributed by atoms with Gasteiger partial charge in [-0.2, -0.15) is 0 Å². The van der Waals surface area contributed by atoms with Crippen LogP contribution in [0, 0.1) is 81.4 Å². The maximum atomic E-state index is 16.0. The van der Waals surface area contributed by atoms with E-state index in [-0.39, 0.29) is 40.2 Å². The van der Waals surface area contributed by atoms with Crippen LogP contribution in [0.5, 0.6) is 0 Å². The molecule has 12 aromatic heterocycles. The Morgan fingerprint density at radius 2 is 0.553 bits per heavy atom. The first-order valence-corrected chi connectivity index (χ1v) is 47.1. The Balaban J connectivity index is 0.000000107. The van der Waals surface area contributed by atoms with Crippen LogP contribution in [0.2, 0.25) is 0 Å². The Hall–Kier alpha value is -19.6. The highest BCUT2D eigenvalue weighted by atomic mass is 19.2. The molecule has 12 heterocycles. The van der Waals surface area contributed by atoms with Crippen LogP contribution in [0.4, 0.5) is 61.5 Å². The van der Waals surface area contributed by atoms with E-state index < -0.39 is 109 Å². The Bertz CT molecular complexity index is 9580. The maximum Gasteiger partial charge on any atom is 0.186 e. The van der Waals surface area contributed by atoms with Gasteiger partial charge in [0.2, 0.25) is 0 Å². The highest BCUT2D eigenvalue weighted by molar-refractivity contribution is 6.13. The molecule has 15 aromatic carbocycles. The van der Waals surface area contributed by atoms with Gasteiger partial charge in [0.25, 0.3) is 0 Å². The molecule has 0 unspecified atom stereocenters. The van der Waals surface area contributed by atoms with E-state index in [1.54, 1.807) is 278 Å². The van der Waals surface area contributed by atoms with Crippen LogP contribution >= 0.6 is 0 Å². The summed E-state index contributed by atoms with van der Waals surface area (Å²) in [6.45, 7) is 0. The van der Waals surface area contributed by atoms with E-state index in [0.29, 0.717) is 93.3 Å². The number of nitrogens with zero attached hydrogens (tertiary/aromatic N) is 13. The van der Waals surface area contributed by atoms with E-state index in [1.807, 2.05) is 83.4 Å². The molecule has 0 saturated carbocycles. The summed E-state index contributed by atoms with van der Waals surface area (Å²) in [7, 11) is 0. The van der Waals surface area contributed by atoms with Gasteiger partial charge in [0.15, 0.2) is 87.3 Å². The molecular formula is C123H69F14N13. The molecule has 0 N–H and O–H groups in total. The van der Waals surface area contributed by atoms with Crippen molar-refractivity contribution >= 4 is 98.4 Å². The van der Waals surface area contributed by atoms with Crippen LogP contribution in [-0.2, 0) is 0 Å². The second-order valence-corrected chi connectivity index (χ2v) is 35.2. The number of imidazole rings is 1. The normalized spacial score (nSPS) is 11.5. The Morgan fingerprint density at radius 3 is 1.01 bits per heavy atom. The number of pyridine rings is 5. The van der Waals surface area contributed by atoms with Crippen molar-refractivity contribution < 1.29 is 61.5 Å². The van der Waals surface area contributed by atoms with E-state index in [0.717, 1.165) is 61.3 Å². The number of aromatic nitrogens is 13. The first kappa shape index (κ1) is 92.8. The topological polar surface area (TPSA) is 119 Å². The van der Waals surface area contributed by atoms with Gasteiger partial charge in [0.05, 0.1) is 89.1 Å². The molecule has 0 radical (unpaired) electrons. The average Bonchev–Trinajstić information content (AvgIpc) is 1.56. The molecule has 27 rings (SSSR count). The third-order valence-corrected chi connectivity index (χ3v) is 26.5. The third kappa shape index (κ3) is 16.1. The molecule has 0 aliphatic heterocycles. The monoisotopic (exact) mass is 1990 g/mol. The van der Waals surface area contributed by atoms with E-state index >= 15 is 52.7 Å². The molecule has 27 heteroatoms. The van der Waals surface area contributed by atoms with Crippen molar-refractivity contribution in [2.24, 2.45) is 0 Å². The van der Waals surface area contributed by atoms with Crippen LogP contribution in [-0.4, -0.2) is 62.0 Å². The Labute approximate surface area is 842 Å². The molecule has 13 nitrogen and oxygen atoms in total. The van der Waals surface area contributed by atoms with Gasteiger partial charge in [-0.15, -0.1) is 0 Å². The van der Waals surface area contributed by atoms with E-state index in [4.69, 9.17) is 4.98 Å². The standard InChI is InChI=1S/C34H21F2N3.C32H17F4N5.C32H18F4N2.C25H13F4N3/c35-25-11-15-33-28(20-25)29-21-26(36)12-16-34(29)39(33)27-13-9-22(10-14-27)24-18-31(23-6-2-1-3-7-23)38-32(19-24)30-8-4-5-17-37-30;33-25-24(32-39-30(18-10-2-1-3-11-18)38-31(40-32)21-14-8-9-17-37-21)26(34)28(36)29(27(25)35)41-22-15-6-4-12-19(22)20-13-5-7-16-23(20)41;33-28-27(22-18-37-17-9-8-16-25(37)26(22)19-10-2-1-3-11-19)29(34)31(36)32(30(28)35)38-23-14-6-4-12-20(23)21-13-5-7-15-24(21)38;26-21-20(16-13-31-12-6-5-11-19(31)30-16)22(27)24(29)25(23(21)28)32-17-9-3-1-7-14(17)15-8-2-4-10-18(15)32/h1-21H;1-17H;1-18H;1-13H. The minimum Gasteiger partial charge on any atom is -0.323 e. The zero-order valence-corrected chi connectivity index (χ0v) is 77.9. The molecule has 0 amide bonds. The van der Waals surface area contributed by atoms with Crippen LogP contribution in [0.25, 0.3) is 223 Å². The average molecular weight is 1990 g/mol. The van der Waals surface area contributed by atoms with Crippen LogP contribution in [0.15, 0.2) is 419 Å². The minimum absolute atomic E-state index is 0.0134. The Kier molecular flexibility index (Phi) is 23.6. The van der Waals surface area contributed by atoms with Crippen molar-refractivity contribution in [1.29, 1.82) is 0 Å². The molecule has 0 bridgehead atoms. The van der Waals surface area contributed by atoms with Gasteiger partial charge in [0.1, 0.15) is 40.0 Å². The largest absolute Gasteiger partial charge is 0.323 e. The summed E-state index contributed by atoms with van der Waals surface area (Å²) in [5.74, 6) is -19.4. The molecule has 724 valence electrons. The van der Waals surface area contributed by atoms with Crippen molar-refractivity contribution in [1.82, 2.24) is 62.0 Å². The molecule has 0 atom stereocenters. The highest BCUT2D eigenvalue weighted by Gasteiger charge is 2.36. The highest BCUT2D eigenvalue weighted by Crippen LogP contribution is 2.48. The van der Waals surface area contributed by atoms with Crippen LogP contribution < -0.4 is 0 Å². The zero-order valence-electron chi connectivity index (χ0n) is 77.9. The number of fused-ring (bicyclic) bond motifs is 14. The van der Waals surface area contributed by atoms with Crippen LogP contribution in [0.3, 0.4) is 0 Å². The summed E-state index contributed by atoms with van der Waals surface area (Å²) >= 11 is 0. The first-order chi connectivity index (χ1) is 73.3. The molecular weight excluding hydrogens is 1930 g/mol. The van der Waals surface area contributed by atoms with Crippen molar-refractivity contribution in [2.75, 3.05) is 0 Å². The fourth-order valence-electron chi connectivity index (χ4n) is 19.8. The summed E-state index contributed by atoms with van der Waals surface area (Å²) in [4.78, 5) is 30.6. The van der Waals surface area contributed by atoms with Gasteiger partial charge in [-0.1, -0.05) is 237 Å². The fraction of sp³-hybridized carbons (Fsp3) is 0. The number of halogens is 14. The lowest BCUT2D eigenvalue weighted by Gasteiger charge is -2.15. The molecule has 0 aliphatic rings. The molecule has 0 fully saturated rings. The lowest BCUT2D eigenvalue weighted by Crippen LogP contribution is -2.11. The lowest BCUT2D eigenvalue weighted by atomic mass is 9.96.